The minimum atomic E-state index is -0.0558. The van der Waals surface area contributed by atoms with Crippen molar-refractivity contribution in [1.29, 1.82) is 0 Å². The maximum absolute atomic E-state index is 11.7. The van der Waals surface area contributed by atoms with Crippen molar-refractivity contribution in [2.45, 2.75) is 12.5 Å². The van der Waals surface area contributed by atoms with Crippen molar-refractivity contribution in [2.24, 2.45) is 0 Å². The van der Waals surface area contributed by atoms with E-state index in [4.69, 9.17) is 11.6 Å². The van der Waals surface area contributed by atoms with Crippen molar-refractivity contribution in [3.63, 3.8) is 0 Å². The van der Waals surface area contributed by atoms with Gasteiger partial charge in [-0.25, -0.2) is 9.97 Å². The van der Waals surface area contributed by atoms with Gasteiger partial charge in [0.15, 0.2) is 0 Å². The molecule has 0 aliphatic carbocycles. The van der Waals surface area contributed by atoms with Crippen molar-refractivity contribution in [3.05, 3.63) is 17.5 Å². The maximum Gasteiger partial charge on any atom is 0.227 e. The van der Waals surface area contributed by atoms with E-state index in [1.807, 2.05) is 11.8 Å². The molecule has 1 saturated heterocycles. The molecule has 1 aliphatic rings. The lowest BCUT2D eigenvalue weighted by atomic mass is 10.2. The molecule has 0 radical (unpaired) electrons. The Kier molecular flexibility index (Phi) is 4.58. The Labute approximate surface area is 109 Å². The molecule has 1 aliphatic heterocycles. The Hall–Kier alpha value is -0.850. The molecule has 1 atom stereocenters. The van der Waals surface area contributed by atoms with Gasteiger partial charge >= 0.3 is 0 Å². The van der Waals surface area contributed by atoms with E-state index in [-0.39, 0.29) is 17.2 Å². The standard InChI is InChI=1S/C10H13ClN4OS/c11-10-13-2-1-8(15-10)14-9(16)5-7-6-17-4-3-12-7/h1-2,7,12H,3-6H2,(H,13,14,15,16). The molecule has 2 heterocycles. The lowest BCUT2D eigenvalue weighted by molar-refractivity contribution is -0.116. The molecular weight excluding hydrogens is 260 g/mol. The van der Waals surface area contributed by atoms with E-state index >= 15 is 0 Å². The van der Waals surface area contributed by atoms with E-state index in [9.17, 15) is 4.79 Å². The molecule has 2 rings (SSSR count). The molecule has 1 aromatic heterocycles. The van der Waals surface area contributed by atoms with Crippen molar-refractivity contribution >= 4 is 35.1 Å². The van der Waals surface area contributed by atoms with Crippen LogP contribution >= 0.6 is 23.4 Å². The average molecular weight is 273 g/mol. The Morgan fingerprint density at radius 3 is 3.29 bits per heavy atom. The smallest absolute Gasteiger partial charge is 0.227 e. The van der Waals surface area contributed by atoms with Crippen molar-refractivity contribution in [3.8, 4) is 0 Å². The molecule has 5 nitrogen and oxygen atoms in total. The first-order valence-electron chi connectivity index (χ1n) is 5.33. The zero-order chi connectivity index (χ0) is 12.1. The van der Waals surface area contributed by atoms with Crippen LogP contribution in [0.1, 0.15) is 6.42 Å². The van der Waals surface area contributed by atoms with Crippen LogP contribution < -0.4 is 10.6 Å². The number of nitrogens with one attached hydrogen (secondary N) is 2. The number of carbonyl (C=O) groups is 1. The highest BCUT2D eigenvalue weighted by molar-refractivity contribution is 7.99. The highest BCUT2D eigenvalue weighted by Crippen LogP contribution is 2.11. The van der Waals surface area contributed by atoms with Gasteiger partial charge in [-0.15, -0.1) is 0 Å². The zero-order valence-corrected chi connectivity index (χ0v) is 10.7. The van der Waals surface area contributed by atoms with Gasteiger partial charge in [-0.3, -0.25) is 4.79 Å². The fraction of sp³-hybridized carbons (Fsp3) is 0.500. The Morgan fingerprint density at radius 2 is 2.59 bits per heavy atom. The van der Waals surface area contributed by atoms with Crippen molar-refractivity contribution in [2.75, 3.05) is 23.4 Å². The lowest BCUT2D eigenvalue weighted by Crippen LogP contribution is -2.39. The number of aromatic nitrogens is 2. The fourth-order valence-electron chi connectivity index (χ4n) is 1.57. The van der Waals surface area contributed by atoms with Gasteiger partial charge in [0.2, 0.25) is 11.2 Å². The first kappa shape index (κ1) is 12.6. The SMILES string of the molecule is O=C(CC1CSCCN1)Nc1ccnc(Cl)n1. The van der Waals surface area contributed by atoms with E-state index in [0.717, 1.165) is 18.1 Å². The number of nitrogens with zero attached hydrogens (tertiary/aromatic N) is 2. The Morgan fingerprint density at radius 1 is 1.71 bits per heavy atom. The third-order valence-corrected chi connectivity index (χ3v) is 3.64. The topological polar surface area (TPSA) is 66.9 Å². The molecule has 1 amide bonds. The second-order valence-electron chi connectivity index (χ2n) is 3.69. The maximum atomic E-state index is 11.7. The molecule has 0 saturated carbocycles. The molecule has 0 aromatic carbocycles. The fourth-order valence-corrected chi connectivity index (χ4v) is 2.67. The summed E-state index contributed by atoms with van der Waals surface area (Å²) < 4.78 is 0. The summed E-state index contributed by atoms with van der Waals surface area (Å²) >= 11 is 7.50. The molecule has 1 unspecified atom stereocenters. The predicted octanol–water partition coefficient (Wildman–Crippen LogP) is 1.16. The monoisotopic (exact) mass is 272 g/mol. The number of amides is 1. The lowest BCUT2D eigenvalue weighted by Gasteiger charge is -2.22. The average Bonchev–Trinajstić information content (AvgIpc) is 2.30. The quantitative estimate of drug-likeness (QED) is 0.809. The van der Waals surface area contributed by atoms with Crippen LogP contribution in [-0.2, 0) is 4.79 Å². The van der Waals surface area contributed by atoms with E-state index < -0.39 is 0 Å². The van der Waals surface area contributed by atoms with Crippen LogP contribution in [0.4, 0.5) is 5.82 Å². The second-order valence-corrected chi connectivity index (χ2v) is 5.18. The van der Waals surface area contributed by atoms with Gasteiger partial charge in [0.1, 0.15) is 5.82 Å². The highest BCUT2D eigenvalue weighted by atomic mass is 35.5. The number of hydrogen-bond acceptors (Lipinski definition) is 5. The zero-order valence-electron chi connectivity index (χ0n) is 9.15. The van der Waals surface area contributed by atoms with Gasteiger partial charge in [0.25, 0.3) is 0 Å². The first-order valence-corrected chi connectivity index (χ1v) is 6.87. The summed E-state index contributed by atoms with van der Waals surface area (Å²) in [5, 5.41) is 6.15. The molecule has 1 fully saturated rings. The van der Waals surface area contributed by atoms with Gasteiger partial charge < -0.3 is 10.6 Å². The number of halogens is 1. The van der Waals surface area contributed by atoms with Crippen LogP contribution in [0, 0.1) is 0 Å². The van der Waals surface area contributed by atoms with Crippen molar-refractivity contribution < 1.29 is 4.79 Å². The number of rotatable bonds is 3. The number of hydrogen-bond donors (Lipinski definition) is 2. The minimum Gasteiger partial charge on any atom is -0.312 e. The minimum absolute atomic E-state index is 0.0558. The molecule has 2 N–H and O–H groups in total. The van der Waals surface area contributed by atoms with E-state index in [0.29, 0.717) is 12.2 Å². The third kappa shape index (κ3) is 4.14. The van der Waals surface area contributed by atoms with Crippen LogP contribution in [0.25, 0.3) is 0 Å². The summed E-state index contributed by atoms with van der Waals surface area (Å²) in [5.74, 6) is 2.47. The van der Waals surface area contributed by atoms with Gasteiger partial charge in [0, 0.05) is 36.7 Å². The van der Waals surface area contributed by atoms with Crippen LogP contribution in [0.5, 0.6) is 0 Å². The van der Waals surface area contributed by atoms with Gasteiger partial charge in [-0.1, -0.05) is 0 Å². The van der Waals surface area contributed by atoms with Crippen LogP contribution in [-0.4, -0.2) is 40.0 Å². The molecule has 17 heavy (non-hydrogen) atoms. The second kappa shape index (κ2) is 6.18. The highest BCUT2D eigenvalue weighted by Gasteiger charge is 2.16. The summed E-state index contributed by atoms with van der Waals surface area (Å²) in [5.41, 5.74) is 0. The van der Waals surface area contributed by atoms with Gasteiger partial charge in [-0.2, -0.15) is 11.8 Å². The van der Waals surface area contributed by atoms with E-state index in [2.05, 4.69) is 20.6 Å². The van der Waals surface area contributed by atoms with Gasteiger partial charge in [0.05, 0.1) is 0 Å². The normalized spacial score (nSPS) is 19.9. The Bertz CT molecular complexity index is 398. The first-order chi connectivity index (χ1) is 8.24. The molecular formula is C10H13ClN4OS. The van der Waals surface area contributed by atoms with Gasteiger partial charge in [-0.05, 0) is 17.7 Å². The van der Waals surface area contributed by atoms with Crippen LogP contribution in [0.3, 0.4) is 0 Å². The molecule has 0 bridgehead atoms. The number of anilines is 1. The molecule has 7 heteroatoms. The Balaban J connectivity index is 1.84. The number of thioether (sulfide) groups is 1. The van der Waals surface area contributed by atoms with E-state index in [1.54, 1.807) is 6.07 Å². The summed E-state index contributed by atoms with van der Waals surface area (Å²) in [6.45, 7) is 0.960. The summed E-state index contributed by atoms with van der Waals surface area (Å²) in [4.78, 5) is 19.4. The van der Waals surface area contributed by atoms with Crippen LogP contribution in [0.15, 0.2) is 12.3 Å². The van der Waals surface area contributed by atoms with E-state index in [1.165, 1.54) is 6.20 Å². The van der Waals surface area contributed by atoms with Crippen LogP contribution in [0.2, 0.25) is 5.28 Å². The molecule has 1 aromatic rings. The summed E-state index contributed by atoms with van der Waals surface area (Å²) in [6, 6.07) is 1.86. The molecule has 0 spiro atoms. The third-order valence-electron chi connectivity index (χ3n) is 2.32. The summed E-state index contributed by atoms with van der Waals surface area (Å²) in [6.07, 6.45) is 1.97. The van der Waals surface area contributed by atoms with Crippen molar-refractivity contribution in [1.82, 2.24) is 15.3 Å². The number of carbonyl (C=O) groups excluding carboxylic acids is 1. The summed E-state index contributed by atoms with van der Waals surface area (Å²) in [7, 11) is 0. The largest absolute Gasteiger partial charge is 0.312 e. The predicted molar refractivity (Wildman–Crippen MR) is 69.4 cm³/mol. The molecule has 92 valence electrons.